The van der Waals surface area contributed by atoms with Crippen molar-refractivity contribution in [3.8, 4) is 11.5 Å². The maximum atomic E-state index is 13.6. The number of primary amides is 1. The lowest BCUT2D eigenvalue weighted by molar-refractivity contribution is 0.1000. The fourth-order valence-electron chi connectivity index (χ4n) is 2.72. The number of halogens is 2. The fraction of sp³-hybridized carbons (Fsp3) is 0.0556. The highest BCUT2D eigenvalue weighted by molar-refractivity contribution is 5.98. The van der Waals surface area contributed by atoms with E-state index in [1.54, 1.807) is 7.05 Å². The van der Waals surface area contributed by atoms with Crippen molar-refractivity contribution in [2.75, 3.05) is 11.9 Å². The second kappa shape index (κ2) is 6.65. The molecule has 140 valence electrons. The summed E-state index contributed by atoms with van der Waals surface area (Å²) in [6.45, 7) is 0. The van der Waals surface area contributed by atoms with Crippen LogP contribution in [0.5, 0.6) is 0 Å². The van der Waals surface area contributed by atoms with E-state index in [-0.39, 0.29) is 17.2 Å². The molecule has 4 aromatic rings. The zero-order valence-corrected chi connectivity index (χ0v) is 14.5. The molecule has 0 aliphatic heterocycles. The molecule has 28 heavy (non-hydrogen) atoms. The third-order valence-corrected chi connectivity index (χ3v) is 4.11. The molecule has 0 bridgehead atoms. The van der Waals surface area contributed by atoms with Gasteiger partial charge in [-0.25, -0.2) is 28.7 Å². The molecule has 4 heterocycles. The minimum absolute atomic E-state index is 0.0531. The van der Waals surface area contributed by atoms with E-state index in [0.717, 1.165) is 6.20 Å². The van der Waals surface area contributed by atoms with Gasteiger partial charge in [-0.15, -0.1) is 0 Å². The van der Waals surface area contributed by atoms with Crippen molar-refractivity contribution in [3.05, 3.63) is 66.3 Å². The molecule has 0 aliphatic carbocycles. The number of amides is 1. The van der Waals surface area contributed by atoms with Crippen LogP contribution < -0.4 is 10.6 Å². The van der Waals surface area contributed by atoms with E-state index >= 15 is 0 Å². The molecule has 0 fully saturated rings. The molecule has 0 unspecified atom stereocenters. The van der Waals surface area contributed by atoms with Gasteiger partial charge in [0.25, 0.3) is 5.91 Å². The second-order valence-electron chi connectivity index (χ2n) is 5.91. The maximum Gasteiger partial charge on any atom is 0.254 e. The molecule has 0 aliphatic rings. The first-order valence-electron chi connectivity index (χ1n) is 8.09. The number of pyridine rings is 2. The smallest absolute Gasteiger partial charge is 0.254 e. The average molecular weight is 381 g/mol. The Morgan fingerprint density at radius 2 is 1.82 bits per heavy atom. The monoisotopic (exact) mass is 381 g/mol. The first-order valence-corrected chi connectivity index (χ1v) is 8.09. The van der Waals surface area contributed by atoms with Gasteiger partial charge in [0, 0.05) is 19.4 Å². The van der Waals surface area contributed by atoms with Gasteiger partial charge in [0.2, 0.25) is 0 Å². The molecule has 0 atom stereocenters. The van der Waals surface area contributed by atoms with Gasteiger partial charge < -0.3 is 10.6 Å². The lowest BCUT2D eigenvalue weighted by Gasteiger charge is -2.19. The fourth-order valence-corrected chi connectivity index (χ4v) is 2.72. The lowest BCUT2D eigenvalue weighted by Crippen LogP contribution is -2.21. The summed E-state index contributed by atoms with van der Waals surface area (Å²) in [5.41, 5.74) is 6.43. The molecule has 0 radical (unpaired) electrons. The Labute approximate surface area is 157 Å². The highest BCUT2D eigenvalue weighted by atomic mass is 19.1. The van der Waals surface area contributed by atoms with Crippen molar-refractivity contribution in [1.29, 1.82) is 0 Å². The first kappa shape index (κ1) is 17.5. The average Bonchev–Trinajstić information content (AvgIpc) is 3.10. The summed E-state index contributed by atoms with van der Waals surface area (Å²) >= 11 is 0. The van der Waals surface area contributed by atoms with Crippen LogP contribution in [0.2, 0.25) is 0 Å². The number of nitrogens with zero attached hydrogens (tertiary/aromatic N) is 6. The van der Waals surface area contributed by atoms with E-state index in [4.69, 9.17) is 5.73 Å². The summed E-state index contributed by atoms with van der Waals surface area (Å²) < 4.78 is 28.3. The molecular formula is C18H13F2N7O. The molecule has 0 spiro atoms. The minimum atomic E-state index is -0.736. The first-order chi connectivity index (χ1) is 13.4. The second-order valence-corrected chi connectivity index (χ2v) is 5.91. The van der Waals surface area contributed by atoms with Gasteiger partial charge in [0.05, 0.1) is 12.4 Å². The maximum absolute atomic E-state index is 13.6. The van der Waals surface area contributed by atoms with E-state index < -0.39 is 17.5 Å². The van der Waals surface area contributed by atoms with Gasteiger partial charge in [-0.2, -0.15) is 0 Å². The quantitative estimate of drug-likeness (QED) is 0.582. The summed E-state index contributed by atoms with van der Waals surface area (Å²) in [6, 6.07) is 5.48. The summed E-state index contributed by atoms with van der Waals surface area (Å²) in [6.07, 6.45) is 5.08. The molecule has 8 nitrogen and oxygen atoms in total. The Balaban J connectivity index is 1.86. The number of carbonyl (C=O) groups is 1. The topological polar surface area (TPSA) is 102 Å². The van der Waals surface area contributed by atoms with Gasteiger partial charge >= 0.3 is 0 Å². The highest BCUT2D eigenvalue weighted by Gasteiger charge is 2.20. The van der Waals surface area contributed by atoms with Crippen LogP contribution in [0.1, 0.15) is 10.4 Å². The molecule has 0 saturated carbocycles. The van der Waals surface area contributed by atoms with Gasteiger partial charge in [0.1, 0.15) is 34.4 Å². The van der Waals surface area contributed by atoms with Crippen LogP contribution in [0.25, 0.3) is 17.2 Å². The molecule has 2 N–H and O–H groups in total. The van der Waals surface area contributed by atoms with Crippen LogP contribution >= 0.6 is 0 Å². The van der Waals surface area contributed by atoms with Crippen molar-refractivity contribution in [2.24, 2.45) is 5.73 Å². The van der Waals surface area contributed by atoms with Gasteiger partial charge in [-0.3, -0.25) is 9.20 Å². The molecular weight excluding hydrogens is 368 g/mol. The SMILES string of the molecule is CN(c1ccc(F)cn1)c1nc(-c2cnc3ccc(F)cn23)ncc1C(N)=O. The van der Waals surface area contributed by atoms with E-state index in [1.165, 1.54) is 52.2 Å². The van der Waals surface area contributed by atoms with Crippen molar-refractivity contribution in [3.63, 3.8) is 0 Å². The molecule has 4 aromatic heterocycles. The van der Waals surface area contributed by atoms with Crippen LogP contribution in [0.15, 0.2) is 49.1 Å². The number of fused-ring (bicyclic) bond motifs is 1. The number of nitrogens with two attached hydrogens (primary N) is 1. The summed E-state index contributed by atoms with van der Waals surface area (Å²) in [5.74, 6) is -0.968. The van der Waals surface area contributed by atoms with Crippen molar-refractivity contribution < 1.29 is 13.6 Å². The van der Waals surface area contributed by atoms with E-state index in [2.05, 4.69) is 19.9 Å². The number of rotatable bonds is 4. The zero-order chi connectivity index (χ0) is 19.8. The normalized spacial score (nSPS) is 11.0. The van der Waals surface area contributed by atoms with Crippen LogP contribution in [-0.2, 0) is 0 Å². The lowest BCUT2D eigenvalue weighted by atomic mass is 10.2. The third kappa shape index (κ3) is 3.00. The van der Waals surface area contributed by atoms with Crippen LogP contribution in [-0.4, -0.2) is 37.3 Å². The standard InChI is InChI=1S/C18H13F2N7O/c1-26(14-4-2-10(19)6-22-14)18-12(16(21)28)7-24-17(25-18)13-8-23-15-5-3-11(20)9-27(13)15/h2-9H,1H3,(H2,21,28). The Hall–Kier alpha value is -3.95. The van der Waals surface area contributed by atoms with Crippen LogP contribution in [0.3, 0.4) is 0 Å². The van der Waals surface area contributed by atoms with Crippen LogP contribution in [0, 0.1) is 11.6 Å². The predicted octanol–water partition coefficient (Wildman–Crippen LogP) is 2.33. The van der Waals surface area contributed by atoms with Gasteiger partial charge in [-0.1, -0.05) is 0 Å². The number of aromatic nitrogens is 5. The number of carbonyl (C=O) groups excluding carboxylic acids is 1. The van der Waals surface area contributed by atoms with Crippen molar-refractivity contribution in [2.45, 2.75) is 0 Å². The summed E-state index contributed by atoms with van der Waals surface area (Å²) in [5, 5.41) is 0. The zero-order valence-electron chi connectivity index (χ0n) is 14.5. The number of anilines is 2. The Morgan fingerprint density at radius 3 is 2.54 bits per heavy atom. The third-order valence-electron chi connectivity index (χ3n) is 4.11. The number of hydrogen-bond acceptors (Lipinski definition) is 6. The largest absolute Gasteiger partial charge is 0.365 e. The summed E-state index contributed by atoms with van der Waals surface area (Å²) in [4.78, 5) is 30.1. The van der Waals surface area contributed by atoms with Crippen molar-refractivity contribution >= 4 is 23.2 Å². The highest BCUT2D eigenvalue weighted by Crippen LogP contribution is 2.26. The van der Waals surface area contributed by atoms with Crippen molar-refractivity contribution in [1.82, 2.24) is 24.3 Å². The summed E-state index contributed by atoms with van der Waals surface area (Å²) in [7, 11) is 1.60. The predicted molar refractivity (Wildman–Crippen MR) is 97.0 cm³/mol. The van der Waals surface area contributed by atoms with E-state index in [9.17, 15) is 13.6 Å². The number of imidazole rings is 1. The van der Waals surface area contributed by atoms with Gasteiger partial charge in [0.15, 0.2) is 11.6 Å². The van der Waals surface area contributed by atoms with E-state index in [1.807, 2.05) is 0 Å². The van der Waals surface area contributed by atoms with Crippen LogP contribution in [0.4, 0.5) is 20.4 Å². The number of hydrogen-bond donors (Lipinski definition) is 1. The van der Waals surface area contributed by atoms with Gasteiger partial charge in [-0.05, 0) is 24.3 Å². The molecule has 0 aromatic carbocycles. The Bertz CT molecular complexity index is 1190. The Kier molecular flexibility index (Phi) is 4.15. The molecule has 10 heteroatoms. The molecule has 0 saturated heterocycles. The van der Waals surface area contributed by atoms with E-state index in [0.29, 0.717) is 17.2 Å². The molecule has 1 amide bonds. The molecule has 4 rings (SSSR count). The Morgan fingerprint density at radius 1 is 1.04 bits per heavy atom. The minimum Gasteiger partial charge on any atom is -0.365 e.